The van der Waals surface area contributed by atoms with Gasteiger partial charge in [-0.15, -0.1) is 0 Å². The number of halogens is 3. The lowest BCUT2D eigenvalue weighted by Crippen LogP contribution is -2.21. The first-order valence-electron chi connectivity index (χ1n) is 7.86. The van der Waals surface area contributed by atoms with E-state index in [1.165, 1.54) is 29.3 Å². The van der Waals surface area contributed by atoms with E-state index in [0.29, 0.717) is 11.3 Å². The minimum absolute atomic E-state index is 0.123. The van der Waals surface area contributed by atoms with Gasteiger partial charge in [-0.3, -0.25) is 5.01 Å². The molecule has 1 aliphatic heterocycles. The van der Waals surface area contributed by atoms with Crippen LogP contribution in [-0.4, -0.2) is 26.6 Å². The highest BCUT2D eigenvalue weighted by atomic mass is 32.2. The molecule has 1 heterocycles. The van der Waals surface area contributed by atoms with Crippen LogP contribution in [0.15, 0.2) is 58.5 Å². The third-order valence-electron chi connectivity index (χ3n) is 4.23. The summed E-state index contributed by atoms with van der Waals surface area (Å²) < 4.78 is 62.7. The fraction of sp³-hybridized carbons (Fsp3) is 0.278. The van der Waals surface area contributed by atoms with Crippen molar-refractivity contribution < 1.29 is 21.6 Å². The van der Waals surface area contributed by atoms with Gasteiger partial charge in [-0.1, -0.05) is 29.8 Å². The lowest BCUT2D eigenvalue weighted by atomic mass is 10.0. The van der Waals surface area contributed by atoms with Gasteiger partial charge in [-0.05, 0) is 36.8 Å². The van der Waals surface area contributed by atoms with Crippen LogP contribution in [-0.2, 0) is 9.84 Å². The van der Waals surface area contributed by atoms with Crippen LogP contribution in [0.5, 0.6) is 0 Å². The predicted molar refractivity (Wildman–Crippen MR) is 94.1 cm³/mol. The van der Waals surface area contributed by atoms with Crippen LogP contribution in [0.4, 0.5) is 18.9 Å². The summed E-state index contributed by atoms with van der Waals surface area (Å²) in [5, 5.41) is 5.14. The van der Waals surface area contributed by atoms with E-state index in [1.807, 2.05) is 6.92 Å². The zero-order valence-corrected chi connectivity index (χ0v) is 15.0. The minimum Gasteiger partial charge on any atom is -0.257 e. The van der Waals surface area contributed by atoms with Crippen molar-refractivity contribution in [2.24, 2.45) is 5.10 Å². The predicted octanol–water partition coefficient (Wildman–Crippen LogP) is 4.27. The second-order valence-corrected chi connectivity index (χ2v) is 8.30. The number of alkyl halides is 3. The van der Waals surface area contributed by atoms with Crippen LogP contribution >= 0.6 is 0 Å². The summed E-state index contributed by atoms with van der Waals surface area (Å²) in [5.41, 5.74) is 1.25. The minimum atomic E-state index is -4.51. The highest BCUT2D eigenvalue weighted by Crippen LogP contribution is 2.39. The third-order valence-corrected chi connectivity index (χ3v) is 5.36. The molecule has 0 fully saturated rings. The highest BCUT2D eigenvalue weighted by molar-refractivity contribution is 7.90. The molecule has 4 nitrogen and oxygen atoms in total. The lowest BCUT2D eigenvalue weighted by molar-refractivity contribution is -0.0600. The van der Waals surface area contributed by atoms with Crippen molar-refractivity contribution >= 4 is 21.2 Å². The Labute approximate surface area is 149 Å². The van der Waals surface area contributed by atoms with Crippen LogP contribution < -0.4 is 5.01 Å². The summed E-state index contributed by atoms with van der Waals surface area (Å²) in [5.74, 6) is 0. The Morgan fingerprint density at radius 1 is 1.04 bits per heavy atom. The molecule has 1 atom stereocenters. The molecular weight excluding hydrogens is 365 g/mol. The number of nitrogens with zero attached hydrogens (tertiary/aromatic N) is 2. The molecule has 0 spiro atoms. The molecule has 0 N–H and O–H groups in total. The quantitative estimate of drug-likeness (QED) is 0.797. The average Bonchev–Trinajstić information content (AvgIpc) is 3.00. The average molecular weight is 382 g/mol. The number of rotatable bonds is 3. The molecule has 0 aromatic heterocycles. The number of hydrogen-bond donors (Lipinski definition) is 0. The largest absolute Gasteiger partial charge is 0.431 e. The molecule has 0 bridgehead atoms. The smallest absolute Gasteiger partial charge is 0.257 e. The molecular formula is C18H17F3N2O2S. The molecule has 0 saturated heterocycles. The molecule has 1 aliphatic rings. The van der Waals surface area contributed by atoms with Gasteiger partial charge in [0.25, 0.3) is 0 Å². The Morgan fingerprint density at radius 3 is 2.12 bits per heavy atom. The Bertz CT molecular complexity index is 934. The van der Waals surface area contributed by atoms with Gasteiger partial charge in [0.05, 0.1) is 16.6 Å². The van der Waals surface area contributed by atoms with E-state index in [0.717, 1.165) is 11.8 Å². The Kier molecular flexibility index (Phi) is 4.56. The molecule has 138 valence electrons. The maximum Gasteiger partial charge on any atom is 0.431 e. The van der Waals surface area contributed by atoms with Crippen molar-refractivity contribution in [1.29, 1.82) is 0 Å². The van der Waals surface area contributed by atoms with Crippen molar-refractivity contribution in [2.75, 3.05) is 11.3 Å². The van der Waals surface area contributed by atoms with Gasteiger partial charge in [0.1, 0.15) is 5.71 Å². The van der Waals surface area contributed by atoms with E-state index < -0.39 is 27.8 Å². The number of benzene rings is 2. The molecule has 26 heavy (non-hydrogen) atoms. The SMILES string of the molecule is Cc1ccc(N2N=C(C(F)(F)F)CC2c2ccc(S(C)(=O)=O)cc2)cc1. The number of hydrazone groups is 1. The van der Waals surface area contributed by atoms with E-state index in [2.05, 4.69) is 5.10 Å². The van der Waals surface area contributed by atoms with E-state index in [9.17, 15) is 21.6 Å². The fourth-order valence-electron chi connectivity index (χ4n) is 2.81. The number of hydrogen-bond acceptors (Lipinski definition) is 4. The van der Waals surface area contributed by atoms with Gasteiger partial charge in [0.2, 0.25) is 0 Å². The summed E-state index contributed by atoms with van der Waals surface area (Å²) in [6.45, 7) is 1.89. The summed E-state index contributed by atoms with van der Waals surface area (Å²) in [6, 6.07) is 12.3. The summed E-state index contributed by atoms with van der Waals surface area (Å²) >= 11 is 0. The second-order valence-electron chi connectivity index (χ2n) is 6.29. The molecule has 3 rings (SSSR count). The molecule has 0 amide bonds. The van der Waals surface area contributed by atoms with E-state index in [4.69, 9.17) is 0 Å². The zero-order chi connectivity index (χ0) is 19.1. The van der Waals surface area contributed by atoms with Crippen LogP contribution in [0.1, 0.15) is 23.6 Å². The number of sulfone groups is 1. The van der Waals surface area contributed by atoms with Gasteiger partial charge in [0.15, 0.2) is 9.84 Å². The fourth-order valence-corrected chi connectivity index (χ4v) is 3.44. The van der Waals surface area contributed by atoms with E-state index in [1.54, 1.807) is 24.3 Å². The van der Waals surface area contributed by atoms with Gasteiger partial charge >= 0.3 is 6.18 Å². The first-order valence-corrected chi connectivity index (χ1v) is 9.75. The van der Waals surface area contributed by atoms with Crippen molar-refractivity contribution in [3.8, 4) is 0 Å². The highest BCUT2D eigenvalue weighted by Gasteiger charge is 2.43. The molecule has 0 aliphatic carbocycles. The van der Waals surface area contributed by atoms with Crippen molar-refractivity contribution in [3.63, 3.8) is 0 Å². The van der Waals surface area contributed by atoms with E-state index >= 15 is 0 Å². The number of anilines is 1. The number of aryl methyl sites for hydroxylation is 1. The van der Waals surface area contributed by atoms with Crippen LogP contribution in [0.3, 0.4) is 0 Å². The maximum absolute atomic E-state index is 13.2. The van der Waals surface area contributed by atoms with Gasteiger partial charge < -0.3 is 0 Å². The Hall–Kier alpha value is -2.35. The maximum atomic E-state index is 13.2. The molecule has 2 aromatic rings. The zero-order valence-electron chi connectivity index (χ0n) is 14.2. The van der Waals surface area contributed by atoms with Crippen LogP contribution in [0, 0.1) is 6.92 Å². The van der Waals surface area contributed by atoms with Gasteiger partial charge in [-0.2, -0.15) is 18.3 Å². The standard InChI is InChI=1S/C18H17F3N2O2S/c1-12-3-7-14(8-4-12)23-16(11-17(22-23)18(19,20)21)13-5-9-15(10-6-13)26(2,24)25/h3-10,16H,11H2,1-2H3. The first kappa shape index (κ1) is 18.4. The molecule has 0 radical (unpaired) electrons. The Morgan fingerprint density at radius 2 is 1.62 bits per heavy atom. The topological polar surface area (TPSA) is 49.7 Å². The molecule has 8 heteroatoms. The first-order chi connectivity index (χ1) is 12.1. The van der Waals surface area contributed by atoms with Gasteiger partial charge in [0, 0.05) is 12.7 Å². The second kappa shape index (κ2) is 6.42. The van der Waals surface area contributed by atoms with Gasteiger partial charge in [-0.25, -0.2) is 8.42 Å². The normalized spacial score (nSPS) is 18.1. The van der Waals surface area contributed by atoms with Crippen molar-refractivity contribution in [2.45, 2.75) is 30.5 Å². The summed E-state index contributed by atoms with van der Waals surface area (Å²) in [6.07, 6.45) is -3.72. The lowest BCUT2D eigenvalue weighted by Gasteiger charge is -2.24. The molecule has 2 aromatic carbocycles. The van der Waals surface area contributed by atoms with Crippen molar-refractivity contribution in [1.82, 2.24) is 0 Å². The molecule has 1 unspecified atom stereocenters. The van der Waals surface area contributed by atoms with Crippen LogP contribution in [0.2, 0.25) is 0 Å². The summed E-state index contributed by atoms with van der Waals surface area (Å²) in [4.78, 5) is 0.123. The molecule has 0 saturated carbocycles. The van der Waals surface area contributed by atoms with Crippen molar-refractivity contribution in [3.05, 3.63) is 59.7 Å². The van der Waals surface area contributed by atoms with E-state index in [-0.39, 0.29) is 11.3 Å². The monoisotopic (exact) mass is 382 g/mol. The van der Waals surface area contributed by atoms with Crippen LogP contribution in [0.25, 0.3) is 0 Å². The summed E-state index contributed by atoms with van der Waals surface area (Å²) in [7, 11) is -3.37. The third kappa shape index (κ3) is 3.75. The Balaban J connectivity index is 2.00.